The van der Waals surface area contributed by atoms with Gasteiger partial charge < -0.3 is 0 Å². The van der Waals surface area contributed by atoms with Crippen LogP contribution in [-0.4, -0.2) is 9.85 Å². The molecule has 0 aliphatic heterocycles. The van der Waals surface area contributed by atoms with E-state index >= 15 is 0 Å². The maximum Gasteiger partial charge on any atom is 0.276 e. The zero-order valence-electron chi connectivity index (χ0n) is 21.6. The van der Waals surface area contributed by atoms with Crippen LogP contribution < -0.4 is 0 Å². The number of hydrogen-bond donors (Lipinski definition) is 0. The minimum Gasteiger partial charge on any atom is -0.258 e. The molecule has 4 rings (SSSR count). The summed E-state index contributed by atoms with van der Waals surface area (Å²) in [6, 6.07) is 12.0. The first-order valence-corrected chi connectivity index (χ1v) is 14.0. The first-order valence-electron chi connectivity index (χ1n) is 14.0. The summed E-state index contributed by atoms with van der Waals surface area (Å²) in [6.45, 7) is 2.27. The fourth-order valence-corrected chi connectivity index (χ4v) is 6.79. The van der Waals surface area contributed by atoms with Crippen LogP contribution in [-0.2, 0) is 6.42 Å². The molecule has 0 radical (unpaired) electrons. The molecule has 6 nitrogen and oxygen atoms in total. The number of benzene rings is 2. The van der Waals surface area contributed by atoms with Gasteiger partial charge in [-0.05, 0) is 67.8 Å². The van der Waals surface area contributed by atoms with Crippen molar-refractivity contribution < 1.29 is 9.85 Å². The van der Waals surface area contributed by atoms with Crippen molar-refractivity contribution in [2.24, 2.45) is 17.8 Å². The van der Waals surface area contributed by atoms with E-state index in [1.54, 1.807) is 12.1 Å². The molecule has 2 fully saturated rings. The van der Waals surface area contributed by atoms with Crippen LogP contribution in [0.2, 0.25) is 0 Å². The zero-order chi connectivity index (χ0) is 25.5. The number of non-ortho nitro benzene ring substituents is 1. The Morgan fingerprint density at radius 2 is 1.42 bits per heavy atom. The Bertz CT molecular complexity index is 1020. The summed E-state index contributed by atoms with van der Waals surface area (Å²) in [4.78, 5) is 22.5. The fraction of sp³-hybridized carbons (Fsp3) is 0.600. The molecule has 2 aromatic rings. The summed E-state index contributed by atoms with van der Waals surface area (Å²) in [5.74, 6) is 2.80. The van der Waals surface area contributed by atoms with Gasteiger partial charge in [-0.3, -0.25) is 20.2 Å². The van der Waals surface area contributed by atoms with Crippen molar-refractivity contribution in [3.63, 3.8) is 0 Å². The van der Waals surface area contributed by atoms with E-state index in [9.17, 15) is 20.2 Å². The van der Waals surface area contributed by atoms with Crippen molar-refractivity contribution in [3.05, 3.63) is 79.4 Å². The van der Waals surface area contributed by atoms with Gasteiger partial charge in [0.2, 0.25) is 0 Å². The van der Waals surface area contributed by atoms with E-state index in [2.05, 4.69) is 6.92 Å². The molecule has 2 aliphatic carbocycles. The molecule has 0 heterocycles. The Morgan fingerprint density at radius 1 is 0.778 bits per heavy atom. The van der Waals surface area contributed by atoms with Gasteiger partial charge in [0.05, 0.1) is 9.85 Å². The maximum atomic E-state index is 12.2. The number of nitro benzene ring substituents is 2. The second-order valence-corrected chi connectivity index (χ2v) is 11.1. The average Bonchev–Trinajstić information content (AvgIpc) is 2.89. The van der Waals surface area contributed by atoms with E-state index in [-0.39, 0.29) is 22.2 Å². The minimum atomic E-state index is -0.428. The Labute approximate surface area is 214 Å². The van der Waals surface area contributed by atoms with E-state index < -0.39 is 4.92 Å². The van der Waals surface area contributed by atoms with Gasteiger partial charge in [0.1, 0.15) is 0 Å². The first kappa shape index (κ1) is 26.3. The molecule has 36 heavy (non-hydrogen) atoms. The Kier molecular flexibility index (Phi) is 9.11. The highest BCUT2D eigenvalue weighted by Gasteiger charge is 2.33. The van der Waals surface area contributed by atoms with Crippen LogP contribution in [0.15, 0.2) is 42.5 Å². The molecule has 0 N–H and O–H groups in total. The molecule has 2 aromatic carbocycles. The van der Waals surface area contributed by atoms with Crippen molar-refractivity contribution in [2.75, 3.05) is 0 Å². The summed E-state index contributed by atoms with van der Waals surface area (Å²) in [7, 11) is 0. The highest BCUT2D eigenvalue weighted by molar-refractivity contribution is 5.52. The second kappa shape index (κ2) is 12.5. The minimum absolute atomic E-state index is 0.0312. The molecule has 0 aromatic heterocycles. The monoisotopic (exact) mass is 492 g/mol. The lowest BCUT2D eigenvalue weighted by molar-refractivity contribution is -0.386. The smallest absolute Gasteiger partial charge is 0.258 e. The Hall–Kier alpha value is -2.76. The molecule has 0 unspecified atom stereocenters. The number of nitro groups is 2. The molecule has 2 saturated carbocycles. The van der Waals surface area contributed by atoms with Gasteiger partial charge in [-0.1, -0.05) is 75.8 Å². The first-order chi connectivity index (χ1) is 17.5. The quantitative estimate of drug-likeness (QED) is 0.188. The van der Waals surface area contributed by atoms with E-state index in [1.165, 1.54) is 76.3 Å². The summed E-state index contributed by atoms with van der Waals surface area (Å²) in [5, 5.41) is 23.1. The third-order valence-corrected chi connectivity index (χ3v) is 8.86. The summed E-state index contributed by atoms with van der Waals surface area (Å²) < 4.78 is 0. The standard InChI is InChI=1S/C30H40N2O4/c1-2-3-4-6-22-9-13-24(14-10-22)25-15-17-26(18-16-25)29-8-5-7-27(30(29)32(35)36)21-23-11-19-28(20-12-23)31(33)34/h5,7-8,11-12,19-20,22,24-26H,2-4,6,9-10,13-18,21H2,1H3. The van der Waals surface area contributed by atoms with Crippen LogP contribution in [0, 0.1) is 38.0 Å². The molecule has 0 atom stereocenters. The van der Waals surface area contributed by atoms with Gasteiger partial charge >= 0.3 is 0 Å². The molecule has 0 spiro atoms. The Balaban J connectivity index is 1.37. The third-order valence-electron chi connectivity index (χ3n) is 8.86. The normalized spacial score (nSPS) is 24.4. The molecule has 194 valence electrons. The van der Waals surface area contributed by atoms with Crippen molar-refractivity contribution >= 4 is 11.4 Å². The lowest BCUT2D eigenvalue weighted by atomic mass is 9.67. The molecule has 6 heteroatoms. The Morgan fingerprint density at radius 3 is 2.00 bits per heavy atom. The van der Waals surface area contributed by atoms with E-state index in [1.807, 2.05) is 18.2 Å². The van der Waals surface area contributed by atoms with Gasteiger partial charge in [-0.15, -0.1) is 0 Å². The number of nitrogens with zero attached hydrogens (tertiary/aromatic N) is 2. The van der Waals surface area contributed by atoms with Gasteiger partial charge in [-0.25, -0.2) is 0 Å². The maximum absolute atomic E-state index is 12.2. The summed E-state index contributed by atoms with van der Waals surface area (Å²) in [5.41, 5.74) is 2.68. The van der Waals surface area contributed by atoms with Crippen molar-refractivity contribution in [1.82, 2.24) is 0 Å². The molecule has 2 aliphatic rings. The predicted octanol–water partition coefficient (Wildman–Crippen LogP) is 8.75. The van der Waals surface area contributed by atoms with Crippen LogP contribution >= 0.6 is 0 Å². The van der Waals surface area contributed by atoms with Crippen LogP contribution in [0.25, 0.3) is 0 Å². The van der Waals surface area contributed by atoms with Crippen LogP contribution in [0.4, 0.5) is 11.4 Å². The lowest BCUT2D eigenvalue weighted by Gasteiger charge is -2.38. The van der Waals surface area contributed by atoms with Gasteiger partial charge in [-0.2, -0.15) is 0 Å². The number of para-hydroxylation sites is 1. The molecule has 0 bridgehead atoms. The van der Waals surface area contributed by atoms with Gasteiger partial charge in [0.15, 0.2) is 0 Å². The molecular weight excluding hydrogens is 452 g/mol. The topological polar surface area (TPSA) is 86.3 Å². The van der Waals surface area contributed by atoms with Crippen molar-refractivity contribution in [3.8, 4) is 0 Å². The molecule has 0 saturated heterocycles. The largest absolute Gasteiger partial charge is 0.276 e. The zero-order valence-corrected chi connectivity index (χ0v) is 21.6. The molecular formula is C30H40N2O4. The predicted molar refractivity (Wildman–Crippen MR) is 143 cm³/mol. The second-order valence-electron chi connectivity index (χ2n) is 11.1. The van der Waals surface area contributed by atoms with Crippen LogP contribution in [0.3, 0.4) is 0 Å². The van der Waals surface area contributed by atoms with Crippen molar-refractivity contribution in [1.29, 1.82) is 0 Å². The fourth-order valence-electron chi connectivity index (χ4n) is 6.79. The summed E-state index contributed by atoms with van der Waals surface area (Å²) >= 11 is 0. The SMILES string of the molecule is CCCCCC1CCC(C2CCC(c3cccc(Cc4ccc([N+](=O)[O-])cc4)c3[N+](=O)[O-])CC2)CC1. The number of hydrogen-bond acceptors (Lipinski definition) is 4. The van der Waals surface area contributed by atoms with Crippen LogP contribution in [0.1, 0.15) is 107 Å². The van der Waals surface area contributed by atoms with Crippen LogP contribution in [0.5, 0.6) is 0 Å². The molecule has 0 amide bonds. The number of rotatable bonds is 10. The highest BCUT2D eigenvalue weighted by Crippen LogP contribution is 2.46. The van der Waals surface area contributed by atoms with E-state index in [0.29, 0.717) is 12.0 Å². The van der Waals surface area contributed by atoms with Gasteiger partial charge in [0.25, 0.3) is 11.4 Å². The van der Waals surface area contributed by atoms with Gasteiger partial charge in [0, 0.05) is 29.7 Å². The van der Waals surface area contributed by atoms with E-state index in [4.69, 9.17) is 0 Å². The van der Waals surface area contributed by atoms with Crippen molar-refractivity contribution in [2.45, 2.75) is 96.3 Å². The lowest BCUT2D eigenvalue weighted by Crippen LogP contribution is -2.25. The third kappa shape index (κ3) is 6.51. The average molecular weight is 493 g/mol. The highest BCUT2D eigenvalue weighted by atomic mass is 16.6. The number of unbranched alkanes of at least 4 members (excludes halogenated alkanes) is 2. The summed E-state index contributed by atoms with van der Waals surface area (Å²) in [6.07, 6.45) is 15.8. The van der Waals surface area contributed by atoms with E-state index in [0.717, 1.165) is 41.7 Å².